The summed E-state index contributed by atoms with van der Waals surface area (Å²) in [6.07, 6.45) is 3.40. The molecule has 1 aromatic carbocycles. The second-order valence-electron chi connectivity index (χ2n) is 5.60. The Morgan fingerprint density at radius 1 is 1.24 bits per heavy atom. The van der Waals surface area contributed by atoms with E-state index in [0.717, 1.165) is 16.5 Å². The molecule has 0 radical (unpaired) electrons. The fourth-order valence-corrected chi connectivity index (χ4v) is 2.70. The topological polar surface area (TPSA) is 83.8 Å². The molecule has 7 heteroatoms. The molecule has 0 spiro atoms. The van der Waals surface area contributed by atoms with Crippen molar-refractivity contribution in [3.63, 3.8) is 0 Å². The molecule has 0 saturated carbocycles. The molecule has 3 aromatic heterocycles. The molecule has 0 aliphatic carbocycles. The van der Waals surface area contributed by atoms with E-state index in [2.05, 4.69) is 20.4 Å². The normalized spacial score (nSPS) is 11.0. The van der Waals surface area contributed by atoms with E-state index < -0.39 is 0 Å². The van der Waals surface area contributed by atoms with Crippen molar-refractivity contribution in [3.8, 4) is 11.3 Å². The molecule has 2 N–H and O–H groups in total. The van der Waals surface area contributed by atoms with Crippen LogP contribution < -0.4 is 5.32 Å². The Kier molecular flexibility index (Phi) is 3.74. The Bertz CT molecular complexity index is 1080. The van der Waals surface area contributed by atoms with Crippen LogP contribution in [0.4, 0.5) is 5.69 Å². The molecule has 4 aromatic rings. The summed E-state index contributed by atoms with van der Waals surface area (Å²) in [5, 5.41) is 8.15. The summed E-state index contributed by atoms with van der Waals surface area (Å²) in [5.41, 5.74) is 3.21. The number of H-pyrrole nitrogens is 1. The first-order valence-corrected chi connectivity index (χ1v) is 7.96. The first-order valence-electron chi connectivity index (χ1n) is 7.58. The van der Waals surface area contributed by atoms with Crippen LogP contribution in [0, 0.1) is 6.92 Å². The molecule has 124 valence electrons. The van der Waals surface area contributed by atoms with Gasteiger partial charge in [-0.05, 0) is 30.5 Å². The summed E-state index contributed by atoms with van der Waals surface area (Å²) in [4.78, 5) is 19.6. The van der Waals surface area contributed by atoms with Crippen molar-refractivity contribution in [1.29, 1.82) is 0 Å². The lowest BCUT2D eigenvalue weighted by molar-refractivity contribution is 0.101. The van der Waals surface area contributed by atoms with Crippen LogP contribution >= 0.6 is 11.6 Å². The lowest BCUT2D eigenvalue weighted by atomic mass is 10.1. The van der Waals surface area contributed by atoms with Crippen molar-refractivity contribution in [2.75, 3.05) is 5.32 Å². The van der Waals surface area contributed by atoms with Crippen molar-refractivity contribution < 1.29 is 9.32 Å². The number of carbonyl (C=O) groups is 1. The highest BCUT2D eigenvalue weighted by atomic mass is 35.5. The summed E-state index contributed by atoms with van der Waals surface area (Å²) in [7, 11) is 0. The average Bonchev–Trinajstić information content (AvgIpc) is 3.26. The van der Waals surface area contributed by atoms with Gasteiger partial charge in [0.15, 0.2) is 11.5 Å². The Labute approximate surface area is 147 Å². The first-order chi connectivity index (χ1) is 12.1. The molecule has 1 amide bonds. The molecule has 0 fully saturated rings. The molecule has 6 nitrogen and oxygen atoms in total. The standard InChI is InChI=1S/C18H13ClN4O2/c1-10-14(7-13(19)9-21-10)22-18(24)16-8-17(25-23-16)12-3-2-11-4-5-20-15(11)6-12/h2-9,20H,1H3,(H,22,24). The molecule has 4 rings (SSSR count). The zero-order valence-electron chi connectivity index (χ0n) is 13.2. The smallest absolute Gasteiger partial charge is 0.277 e. The maximum Gasteiger partial charge on any atom is 0.277 e. The Balaban J connectivity index is 1.59. The van der Waals surface area contributed by atoms with Crippen LogP contribution in [0.2, 0.25) is 5.02 Å². The lowest BCUT2D eigenvalue weighted by Crippen LogP contribution is -2.13. The van der Waals surface area contributed by atoms with E-state index in [4.69, 9.17) is 16.1 Å². The SMILES string of the molecule is Cc1ncc(Cl)cc1NC(=O)c1cc(-c2ccc3cc[nH]c3c2)on1. The number of aromatic nitrogens is 3. The quantitative estimate of drug-likeness (QED) is 0.571. The van der Waals surface area contributed by atoms with E-state index in [-0.39, 0.29) is 11.6 Å². The van der Waals surface area contributed by atoms with Gasteiger partial charge in [0, 0.05) is 29.5 Å². The number of carbonyl (C=O) groups excluding carboxylic acids is 1. The molecule has 25 heavy (non-hydrogen) atoms. The number of nitrogens with zero attached hydrogens (tertiary/aromatic N) is 2. The van der Waals surface area contributed by atoms with Crippen LogP contribution in [0.1, 0.15) is 16.2 Å². The number of aryl methyl sites for hydroxylation is 1. The van der Waals surface area contributed by atoms with Gasteiger partial charge >= 0.3 is 0 Å². The second kappa shape index (κ2) is 6.07. The highest BCUT2D eigenvalue weighted by molar-refractivity contribution is 6.30. The minimum atomic E-state index is -0.386. The molecule has 0 unspecified atom stereocenters. The third kappa shape index (κ3) is 2.99. The van der Waals surface area contributed by atoms with E-state index in [9.17, 15) is 4.79 Å². The van der Waals surface area contributed by atoms with Crippen molar-refractivity contribution in [2.24, 2.45) is 0 Å². The number of nitrogens with one attached hydrogen (secondary N) is 2. The fraction of sp³-hybridized carbons (Fsp3) is 0.0556. The van der Waals surface area contributed by atoms with Crippen LogP contribution in [0.3, 0.4) is 0 Å². The van der Waals surface area contributed by atoms with Gasteiger partial charge in [-0.15, -0.1) is 0 Å². The van der Waals surface area contributed by atoms with Gasteiger partial charge in [0.25, 0.3) is 5.91 Å². The van der Waals surface area contributed by atoms with Gasteiger partial charge in [0.2, 0.25) is 0 Å². The third-order valence-corrected chi connectivity index (χ3v) is 4.09. The number of amides is 1. The van der Waals surface area contributed by atoms with Crippen LogP contribution in [-0.4, -0.2) is 21.0 Å². The van der Waals surface area contributed by atoms with E-state index in [1.807, 2.05) is 30.5 Å². The number of anilines is 1. The summed E-state index contributed by atoms with van der Waals surface area (Å²) < 4.78 is 5.32. The summed E-state index contributed by atoms with van der Waals surface area (Å²) in [6, 6.07) is 11.1. The van der Waals surface area contributed by atoms with E-state index >= 15 is 0 Å². The minimum Gasteiger partial charge on any atom is -0.361 e. The van der Waals surface area contributed by atoms with Gasteiger partial charge in [-0.3, -0.25) is 9.78 Å². The molecular formula is C18H13ClN4O2. The zero-order chi connectivity index (χ0) is 17.4. The van der Waals surface area contributed by atoms with Gasteiger partial charge < -0.3 is 14.8 Å². The van der Waals surface area contributed by atoms with Crippen LogP contribution in [-0.2, 0) is 0 Å². The van der Waals surface area contributed by atoms with Gasteiger partial charge in [0.05, 0.1) is 16.4 Å². The zero-order valence-corrected chi connectivity index (χ0v) is 14.0. The summed E-state index contributed by atoms with van der Waals surface area (Å²) >= 11 is 5.92. The van der Waals surface area contributed by atoms with Crippen molar-refractivity contribution in [3.05, 3.63) is 65.2 Å². The fourth-order valence-electron chi connectivity index (χ4n) is 2.54. The maximum atomic E-state index is 12.4. The monoisotopic (exact) mass is 352 g/mol. The van der Waals surface area contributed by atoms with Crippen LogP contribution in [0.5, 0.6) is 0 Å². The average molecular weight is 353 g/mol. The minimum absolute atomic E-state index is 0.181. The molecule has 0 aliphatic heterocycles. The third-order valence-electron chi connectivity index (χ3n) is 3.88. The van der Waals surface area contributed by atoms with Crippen LogP contribution in [0.25, 0.3) is 22.2 Å². The molecular weight excluding hydrogens is 340 g/mol. The van der Waals surface area contributed by atoms with Gasteiger partial charge in [0.1, 0.15) is 0 Å². The second-order valence-corrected chi connectivity index (χ2v) is 6.03. The predicted octanol–water partition coefficient (Wildman–Crippen LogP) is 4.43. The lowest BCUT2D eigenvalue weighted by Gasteiger charge is -2.05. The molecule has 0 bridgehead atoms. The highest BCUT2D eigenvalue weighted by Crippen LogP contribution is 2.25. The number of pyridine rings is 1. The number of hydrogen-bond donors (Lipinski definition) is 2. The number of rotatable bonds is 3. The summed E-state index contributed by atoms with van der Waals surface area (Å²) in [6.45, 7) is 1.78. The number of aromatic amines is 1. The Morgan fingerprint density at radius 3 is 3.00 bits per heavy atom. The number of halogens is 1. The Hall–Kier alpha value is -3.12. The Morgan fingerprint density at radius 2 is 2.12 bits per heavy atom. The largest absolute Gasteiger partial charge is 0.361 e. The number of fused-ring (bicyclic) bond motifs is 1. The summed E-state index contributed by atoms with van der Waals surface area (Å²) in [5.74, 6) is 0.130. The maximum absolute atomic E-state index is 12.4. The van der Waals surface area contributed by atoms with Gasteiger partial charge in [-0.1, -0.05) is 28.9 Å². The number of benzene rings is 1. The molecule has 0 atom stereocenters. The predicted molar refractivity (Wildman–Crippen MR) is 95.7 cm³/mol. The van der Waals surface area contributed by atoms with Crippen molar-refractivity contribution >= 4 is 34.1 Å². The van der Waals surface area contributed by atoms with Crippen LogP contribution in [0.15, 0.2) is 53.3 Å². The van der Waals surface area contributed by atoms with E-state index in [1.54, 1.807) is 19.1 Å². The molecule has 3 heterocycles. The van der Waals surface area contributed by atoms with Crippen molar-refractivity contribution in [2.45, 2.75) is 6.92 Å². The highest BCUT2D eigenvalue weighted by Gasteiger charge is 2.15. The van der Waals surface area contributed by atoms with Crippen molar-refractivity contribution in [1.82, 2.24) is 15.1 Å². The van der Waals surface area contributed by atoms with Gasteiger partial charge in [-0.2, -0.15) is 0 Å². The molecule has 0 aliphatic rings. The van der Waals surface area contributed by atoms with E-state index in [0.29, 0.717) is 22.2 Å². The van der Waals surface area contributed by atoms with Gasteiger partial charge in [-0.25, -0.2) is 0 Å². The first kappa shape index (κ1) is 15.4. The van der Waals surface area contributed by atoms with E-state index in [1.165, 1.54) is 6.20 Å². The number of hydrogen-bond acceptors (Lipinski definition) is 4. The molecule has 0 saturated heterocycles.